The van der Waals surface area contributed by atoms with Gasteiger partial charge in [-0.2, -0.15) is 13.1 Å². The summed E-state index contributed by atoms with van der Waals surface area (Å²) >= 11 is 7.48. The molecule has 1 aliphatic heterocycles. The average molecular weight is 547 g/mol. The molecule has 0 amide bonds. The van der Waals surface area contributed by atoms with Gasteiger partial charge >= 0.3 is 10.3 Å². The Labute approximate surface area is 211 Å². The van der Waals surface area contributed by atoms with Crippen LogP contribution in [-0.2, 0) is 15.0 Å². The number of hydrogen-bond donors (Lipinski definition) is 5. The monoisotopic (exact) mass is 546 g/mol. The second-order valence-corrected chi connectivity index (χ2v) is 11.7. The largest absolute Gasteiger partial charge is 0.393 e. The lowest BCUT2D eigenvalue weighted by Crippen LogP contribution is -2.32. The zero-order valence-corrected chi connectivity index (χ0v) is 21.0. The number of halogens is 1. The van der Waals surface area contributed by atoms with Gasteiger partial charge in [-0.3, -0.25) is 9.35 Å². The summed E-state index contributed by atoms with van der Waals surface area (Å²) in [7, 11) is -4.36. The number of ketones is 1. The Kier molecular flexibility index (Phi) is 8.38. The molecule has 1 saturated carbocycles. The molecule has 192 valence electrons. The lowest BCUT2D eigenvalue weighted by molar-refractivity contribution is 0.00736. The number of aromatic nitrogens is 2. The fourth-order valence-corrected chi connectivity index (χ4v) is 6.29. The standard InChI is InChI=1S/C21H27ClN4O7S2/c22-20-14(18(28)11-1-3-33-4-2-11)7-17(34-20)19(29)15-9-23-10-24-21(15)26-13-5-12(16(27)6-13)8-25-35(30,31)32/h7,9-13,16,18,25,27-28H,1-6,8H2,(H,23,24,26)(H,30,31,32)/t12-,13-,16+,18+/m1/s1. The van der Waals surface area contributed by atoms with Crippen molar-refractivity contribution in [2.45, 2.75) is 43.9 Å². The second kappa shape index (κ2) is 11.1. The third-order valence-corrected chi connectivity index (χ3v) is 8.37. The molecule has 11 nitrogen and oxygen atoms in total. The summed E-state index contributed by atoms with van der Waals surface area (Å²) in [5, 5.41) is 24.2. The van der Waals surface area contributed by atoms with E-state index >= 15 is 0 Å². The van der Waals surface area contributed by atoms with Gasteiger partial charge in [0, 0.05) is 43.5 Å². The fourth-order valence-electron chi connectivity index (χ4n) is 4.57. The Balaban J connectivity index is 1.47. The number of thiophene rings is 1. The molecular weight excluding hydrogens is 520 g/mol. The molecule has 0 radical (unpaired) electrons. The summed E-state index contributed by atoms with van der Waals surface area (Å²) in [6, 6.07) is 1.33. The highest BCUT2D eigenvalue weighted by atomic mass is 35.5. The van der Waals surface area contributed by atoms with Gasteiger partial charge < -0.3 is 20.3 Å². The van der Waals surface area contributed by atoms with Crippen LogP contribution in [0.3, 0.4) is 0 Å². The van der Waals surface area contributed by atoms with Gasteiger partial charge in [-0.25, -0.2) is 9.97 Å². The van der Waals surface area contributed by atoms with Crippen molar-refractivity contribution in [1.29, 1.82) is 0 Å². The molecule has 4 atom stereocenters. The van der Waals surface area contributed by atoms with Crippen molar-refractivity contribution in [1.82, 2.24) is 14.7 Å². The highest BCUT2D eigenvalue weighted by molar-refractivity contribution is 7.83. The number of rotatable bonds is 9. The maximum atomic E-state index is 13.3. The fraction of sp³-hybridized carbons (Fsp3) is 0.571. The highest BCUT2D eigenvalue weighted by Gasteiger charge is 2.34. The van der Waals surface area contributed by atoms with Crippen molar-refractivity contribution < 1.29 is 32.7 Å². The van der Waals surface area contributed by atoms with E-state index in [4.69, 9.17) is 20.9 Å². The molecule has 2 aliphatic rings. The molecule has 0 bridgehead atoms. The van der Waals surface area contributed by atoms with Gasteiger partial charge in [0.1, 0.15) is 12.1 Å². The number of anilines is 1. The van der Waals surface area contributed by atoms with Crippen molar-refractivity contribution in [3.8, 4) is 0 Å². The normalized spacial score (nSPS) is 24.4. The van der Waals surface area contributed by atoms with Crippen LogP contribution < -0.4 is 10.0 Å². The molecule has 2 aromatic heterocycles. The summed E-state index contributed by atoms with van der Waals surface area (Å²) in [4.78, 5) is 21.8. The maximum absolute atomic E-state index is 13.3. The Morgan fingerprint density at radius 3 is 2.77 bits per heavy atom. The molecule has 3 heterocycles. The smallest absolute Gasteiger partial charge is 0.333 e. The minimum Gasteiger partial charge on any atom is -0.393 e. The van der Waals surface area contributed by atoms with Crippen LogP contribution in [0.15, 0.2) is 18.6 Å². The number of nitrogens with one attached hydrogen (secondary N) is 2. The number of aliphatic hydroxyl groups is 2. The Bertz CT molecular complexity index is 1160. The van der Waals surface area contributed by atoms with E-state index in [1.54, 1.807) is 6.07 Å². The van der Waals surface area contributed by atoms with Crippen LogP contribution in [0, 0.1) is 11.8 Å². The number of carbonyl (C=O) groups is 1. The van der Waals surface area contributed by atoms with E-state index in [2.05, 4.69) is 15.3 Å². The van der Waals surface area contributed by atoms with Crippen molar-refractivity contribution in [2.75, 3.05) is 25.1 Å². The third kappa shape index (κ3) is 6.54. The molecule has 0 spiro atoms. The number of hydrogen-bond acceptors (Lipinski definition) is 10. The summed E-state index contributed by atoms with van der Waals surface area (Å²) < 4.78 is 38.5. The van der Waals surface area contributed by atoms with E-state index in [1.165, 1.54) is 12.5 Å². The lowest BCUT2D eigenvalue weighted by Gasteiger charge is -2.26. The van der Waals surface area contributed by atoms with E-state index in [0.29, 0.717) is 53.7 Å². The van der Waals surface area contributed by atoms with E-state index in [-0.39, 0.29) is 35.7 Å². The molecular formula is C21H27ClN4O7S2. The van der Waals surface area contributed by atoms with Crippen LogP contribution in [0.5, 0.6) is 0 Å². The number of aliphatic hydroxyl groups excluding tert-OH is 2. The van der Waals surface area contributed by atoms with Crippen LogP contribution in [0.4, 0.5) is 5.82 Å². The van der Waals surface area contributed by atoms with E-state index < -0.39 is 28.4 Å². The van der Waals surface area contributed by atoms with Gasteiger partial charge in [0.05, 0.1) is 27.0 Å². The first-order valence-corrected chi connectivity index (χ1v) is 13.8. The molecule has 5 N–H and O–H groups in total. The molecule has 35 heavy (non-hydrogen) atoms. The maximum Gasteiger partial charge on any atom is 0.333 e. The first-order chi connectivity index (χ1) is 16.6. The van der Waals surface area contributed by atoms with Crippen LogP contribution in [0.2, 0.25) is 4.34 Å². The first-order valence-electron chi connectivity index (χ1n) is 11.2. The zero-order valence-electron chi connectivity index (χ0n) is 18.6. The van der Waals surface area contributed by atoms with Crippen LogP contribution in [0.1, 0.15) is 52.6 Å². The predicted molar refractivity (Wildman–Crippen MR) is 129 cm³/mol. The van der Waals surface area contributed by atoms with Gasteiger partial charge in [0.25, 0.3) is 0 Å². The Morgan fingerprint density at radius 2 is 2.06 bits per heavy atom. The molecule has 4 rings (SSSR count). The number of nitrogens with zero attached hydrogens (tertiary/aromatic N) is 2. The van der Waals surface area contributed by atoms with Crippen molar-refractivity contribution in [3.05, 3.63) is 38.9 Å². The van der Waals surface area contributed by atoms with Crippen LogP contribution in [0.25, 0.3) is 0 Å². The summed E-state index contributed by atoms with van der Waals surface area (Å²) in [6.45, 7) is 1.04. The number of carbonyl (C=O) groups excluding carboxylic acids is 1. The first kappa shape index (κ1) is 26.4. The third-order valence-electron chi connectivity index (χ3n) is 6.45. The van der Waals surface area contributed by atoms with E-state index in [0.717, 1.165) is 11.3 Å². The molecule has 2 aromatic rings. The van der Waals surface area contributed by atoms with Crippen molar-refractivity contribution in [3.63, 3.8) is 0 Å². The summed E-state index contributed by atoms with van der Waals surface area (Å²) in [6.07, 6.45) is 3.23. The highest BCUT2D eigenvalue weighted by Crippen LogP contribution is 2.39. The van der Waals surface area contributed by atoms with Crippen molar-refractivity contribution in [2.24, 2.45) is 11.8 Å². The van der Waals surface area contributed by atoms with Gasteiger partial charge in [-0.05, 0) is 37.7 Å². The van der Waals surface area contributed by atoms with Gasteiger partial charge in [0.15, 0.2) is 0 Å². The molecule has 1 aliphatic carbocycles. The minimum absolute atomic E-state index is 0.00754. The predicted octanol–water partition coefficient (Wildman–Crippen LogP) is 1.83. The van der Waals surface area contributed by atoms with Crippen LogP contribution >= 0.6 is 22.9 Å². The molecule has 14 heteroatoms. The van der Waals surface area contributed by atoms with Gasteiger partial charge in [0.2, 0.25) is 5.78 Å². The molecule has 2 fully saturated rings. The molecule has 0 aromatic carbocycles. The topological polar surface area (TPSA) is 171 Å². The summed E-state index contributed by atoms with van der Waals surface area (Å²) in [5.74, 6) is -0.482. The Hall–Kier alpha value is -1.71. The minimum atomic E-state index is -4.36. The zero-order chi connectivity index (χ0) is 25.2. The van der Waals surface area contributed by atoms with Gasteiger partial charge in [-0.1, -0.05) is 11.6 Å². The van der Waals surface area contributed by atoms with E-state index in [9.17, 15) is 23.4 Å². The average Bonchev–Trinajstić information content (AvgIpc) is 3.39. The van der Waals surface area contributed by atoms with E-state index in [1.807, 2.05) is 4.72 Å². The van der Waals surface area contributed by atoms with Gasteiger partial charge in [-0.15, -0.1) is 11.3 Å². The SMILES string of the molecule is O=C(c1cc([C@@H](O)C2CCOCC2)c(Cl)s1)c1cncnc1N[C@@H]1C[C@H](CNS(=O)(=O)O)[C@@H](O)C1. The summed E-state index contributed by atoms with van der Waals surface area (Å²) in [5.41, 5.74) is 0.734. The lowest BCUT2D eigenvalue weighted by atomic mass is 9.90. The quantitative estimate of drug-likeness (QED) is 0.231. The van der Waals surface area contributed by atoms with Crippen LogP contribution in [-0.4, -0.2) is 70.8 Å². The van der Waals surface area contributed by atoms with Crippen molar-refractivity contribution >= 4 is 44.8 Å². The molecule has 0 unspecified atom stereocenters. The number of ether oxygens (including phenoxy) is 1. The molecule has 1 saturated heterocycles. The Morgan fingerprint density at radius 1 is 1.31 bits per heavy atom. The second-order valence-electron chi connectivity index (χ2n) is 8.81.